The second-order valence-corrected chi connectivity index (χ2v) is 7.68. The van der Waals surface area contributed by atoms with E-state index in [1.54, 1.807) is 26.0 Å². The molecule has 2 aromatic carbocycles. The summed E-state index contributed by atoms with van der Waals surface area (Å²) in [6.07, 6.45) is -4.62. The van der Waals surface area contributed by atoms with Crippen molar-refractivity contribution in [3.63, 3.8) is 0 Å². The van der Waals surface area contributed by atoms with E-state index in [1.807, 2.05) is 0 Å². The van der Waals surface area contributed by atoms with Crippen molar-refractivity contribution in [3.05, 3.63) is 58.6 Å². The van der Waals surface area contributed by atoms with Gasteiger partial charge in [0.25, 0.3) is 11.8 Å². The topological polar surface area (TPSA) is 93.7 Å². The number of hydrogen-bond donors (Lipinski definition) is 2. The van der Waals surface area contributed by atoms with Gasteiger partial charge in [0.05, 0.1) is 23.4 Å². The lowest BCUT2D eigenvalue weighted by Crippen LogP contribution is -2.45. The molecule has 0 fully saturated rings. The van der Waals surface area contributed by atoms with Gasteiger partial charge >= 0.3 is 12.1 Å². The Bertz CT molecular complexity index is 1010. The Morgan fingerprint density at radius 1 is 1.06 bits per heavy atom. The number of nitrogens with one attached hydrogen (secondary N) is 2. The van der Waals surface area contributed by atoms with Crippen molar-refractivity contribution in [3.8, 4) is 5.75 Å². The third-order valence-electron chi connectivity index (χ3n) is 4.47. The molecule has 0 heterocycles. The average molecular weight is 487 g/mol. The second-order valence-electron chi connectivity index (χ2n) is 7.27. The number of anilines is 1. The van der Waals surface area contributed by atoms with Crippen LogP contribution in [0.4, 0.5) is 18.9 Å². The number of alkyl halides is 3. The summed E-state index contributed by atoms with van der Waals surface area (Å²) in [4.78, 5) is 37.0. The van der Waals surface area contributed by atoms with E-state index >= 15 is 0 Å². The van der Waals surface area contributed by atoms with E-state index in [4.69, 9.17) is 21.1 Å². The first kappa shape index (κ1) is 26.0. The van der Waals surface area contributed by atoms with Gasteiger partial charge in [0.1, 0.15) is 11.8 Å². The first-order valence-electron chi connectivity index (χ1n) is 9.70. The molecule has 2 rings (SSSR count). The predicted octanol–water partition coefficient (Wildman–Crippen LogP) is 4.30. The molecule has 0 bridgehead atoms. The fraction of sp³-hybridized carbons (Fsp3) is 0.318. The van der Waals surface area contributed by atoms with Gasteiger partial charge in [-0.2, -0.15) is 13.2 Å². The smallest absolute Gasteiger partial charge is 0.416 e. The van der Waals surface area contributed by atoms with Crippen molar-refractivity contribution in [1.29, 1.82) is 0 Å². The van der Waals surface area contributed by atoms with Crippen molar-refractivity contribution >= 4 is 35.1 Å². The minimum atomic E-state index is -4.62. The lowest BCUT2D eigenvalue weighted by atomic mass is 10.0. The Balaban J connectivity index is 1.99. The lowest BCUT2D eigenvalue weighted by molar-refractivity contribution is -0.150. The van der Waals surface area contributed by atoms with Gasteiger partial charge in [-0.3, -0.25) is 9.59 Å². The Kier molecular flexibility index (Phi) is 8.69. The number of rotatable bonds is 8. The molecule has 0 aliphatic carbocycles. The Morgan fingerprint density at radius 3 is 2.24 bits per heavy atom. The number of carbonyl (C=O) groups excluding carboxylic acids is 3. The summed E-state index contributed by atoms with van der Waals surface area (Å²) in [5.74, 6) is -2.13. The van der Waals surface area contributed by atoms with E-state index in [0.29, 0.717) is 11.8 Å². The van der Waals surface area contributed by atoms with Crippen molar-refractivity contribution < 1.29 is 37.0 Å². The van der Waals surface area contributed by atoms with Crippen LogP contribution in [0.2, 0.25) is 5.02 Å². The Labute approximate surface area is 193 Å². The molecule has 2 amide bonds. The molecule has 0 aromatic heterocycles. The normalized spacial score (nSPS) is 12.1. The lowest BCUT2D eigenvalue weighted by Gasteiger charge is -2.21. The molecular formula is C22H22ClF3N2O5. The van der Waals surface area contributed by atoms with Gasteiger partial charge in [0.15, 0.2) is 6.61 Å². The van der Waals surface area contributed by atoms with Crippen LogP contribution in [0.25, 0.3) is 0 Å². The maximum absolute atomic E-state index is 12.9. The van der Waals surface area contributed by atoms with Crippen molar-refractivity contribution in [2.45, 2.75) is 26.1 Å². The summed E-state index contributed by atoms with van der Waals surface area (Å²) in [5, 5.41) is 4.60. The first-order chi connectivity index (χ1) is 15.4. The molecule has 33 heavy (non-hydrogen) atoms. The number of benzene rings is 2. The van der Waals surface area contributed by atoms with Crippen LogP contribution in [0.3, 0.4) is 0 Å². The number of esters is 1. The molecule has 0 radical (unpaired) electrons. The van der Waals surface area contributed by atoms with Gasteiger partial charge in [-0.25, -0.2) is 4.79 Å². The molecule has 0 saturated heterocycles. The molecule has 0 aliphatic heterocycles. The molecule has 7 nitrogen and oxygen atoms in total. The highest BCUT2D eigenvalue weighted by Crippen LogP contribution is 2.33. The molecule has 0 spiro atoms. The highest BCUT2D eigenvalue weighted by atomic mass is 35.5. The minimum absolute atomic E-state index is 0.116. The minimum Gasteiger partial charge on any atom is -0.497 e. The molecule has 1 atom stereocenters. The maximum Gasteiger partial charge on any atom is 0.416 e. The van der Waals surface area contributed by atoms with Gasteiger partial charge in [-0.05, 0) is 48.4 Å². The Hall–Kier alpha value is -3.27. The monoisotopic (exact) mass is 486 g/mol. The summed E-state index contributed by atoms with van der Waals surface area (Å²) in [6, 6.07) is 7.58. The fourth-order valence-corrected chi connectivity index (χ4v) is 2.84. The van der Waals surface area contributed by atoms with E-state index in [-0.39, 0.29) is 22.2 Å². The van der Waals surface area contributed by atoms with Crippen LogP contribution in [-0.2, 0) is 20.5 Å². The standard InChI is InChI=1S/C22H22ClF3N2O5/c1-12(2)19(28-20(30)13-4-7-15(32-3)8-5-13)21(31)33-11-18(29)27-17-10-14(22(24,25)26)6-9-16(17)23/h4-10,12,19H,11H2,1-3H3,(H,27,29)(H,28,30)/t19-/m1/s1. The average Bonchev–Trinajstić information content (AvgIpc) is 2.76. The van der Waals surface area contributed by atoms with Crippen LogP contribution in [0.15, 0.2) is 42.5 Å². The molecule has 178 valence electrons. The van der Waals surface area contributed by atoms with Crippen LogP contribution in [0.1, 0.15) is 29.8 Å². The molecule has 2 aromatic rings. The summed E-state index contributed by atoms with van der Waals surface area (Å²) in [5.41, 5.74) is -0.993. The third kappa shape index (κ3) is 7.38. The SMILES string of the molecule is COc1ccc(C(=O)N[C@@H](C(=O)OCC(=O)Nc2cc(C(F)(F)F)ccc2Cl)C(C)C)cc1. The van der Waals surface area contributed by atoms with E-state index in [9.17, 15) is 27.6 Å². The van der Waals surface area contributed by atoms with Gasteiger partial charge in [-0.1, -0.05) is 25.4 Å². The zero-order chi connectivity index (χ0) is 24.8. The number of ether oxygens (including phenoxy) is 2. The number of halogens is 4. The van der Waals surface area contributed by atoms with Gasteiger partial charge in [0, 0.05) is 5.56 Å². The van der Waals surface area contributed by atoms with Crippen molar-refractivity contribution in [1.82, 2.24) is 5.32 Å². The summed E-state index contributed by atoms with van der Waals surface area (Å²) >= 11 is 5.83. The Morgan fingerprint density at radius 2 is 1.70 bits per heavy atom. The predicted molar refractivity (Wildman–Crippen MR) is 115 cm³/mol. The number of amides is 2. The van der Waals surface area contributed by atoms with E-state index in [2.05, 4.69) is 10.6 Å². The summed E-state index contributed by atoms with van der Waals surface area (Å²) in [7, 11) is 1.48. The molecule has 2 N–H and O–H groups in total. The maximum atomic E-state index is 12.9. The van der Waals surface area contributed by atoms with Crippen molar-refractivity contribution in [2.75, 3.05) is 19.0 Å². The van der Waals surface area contributed by atoms with Gasteiger partial charge < -0.3 is 20.1 Å². The zero-order valence-corrected chi connectivity index (χ0v) is 18.7. The van der Waals surface area contributed by atoms with E-state index in [0.717, 1.165) is 12.1 Å². The highest BCUT2D eigenvalue weighted by Gasteiger charge is 2.31. The summed E-state index contributed by atoms with van der Waals surface area (Å²) in [6.45, 7) is 2.55. The number of carbonyl (C=O) groups is 3. The van der Waals surface area contributed by atoms with E-state index < -0.39 is 42.2 Å². The fourth-order valence-electron chi connectivity index (χ4n) is 2.67. The van der Waals surface area contributed by atoms with Crippen LogP contribution >= 0.6 is 11.6 Å². The second kappa shape index (κ2) is 11.0. The van der Waals surface area contributed by atoms with Gasteiger partial charge in [-0.15, -0.1) is 0 Å². The molecular weight excluding hydrogens is 465 g/mol. The van der Waals surface area contributed by atoms with Gasteiger partial charge in [0.2, 0.25) is 0 Å². The number of hydrogen-bond acceptors (Lipinski definition) is 5. The van der Waals surface area contributed by atoms with Crippen LogP contribution in [-0.4, -0.2) is 37.5 Å². The molecule has 0 aliphatic rings. The largest absolute Gasteiger partial charge is 0.497 e. The quantitative estimate of drug-likeness (QED) is 0.542. The van der Waals surface area contributed by atoms with Crippen molar-refractivity contribution in [2.24, 2.45) is 5.92 Å². The van der Waals surface area contributed by atoms with Crippen LogP contribution < -0.4 is 15.4 Å². The highest BCUT2D eigenvalue weighted by molar-refractivity contribution is 6.33. The first-order valence-corrected chi connectivity index (χ1v) is 10.1. The van der Waals surface area contributed by atoms with Crippen LogP contribution in [0, 0.1) is 5.92 Å². The third-order valence-corrected chi connectivity index (χ3v) is 4.80. The van der Waals surface area contributed by atoms with Crippen LogP contribution in [0.5, 0.6) is 5.75 Å². The number of methoxy groups -OCH3 is 1. The molecule has 11 heteroatoms. The molecule has 0 unspecified atom stereocenters. The van der Waals surface area contributed by atoms with E-state index in [1.165, 1.54) is 19.2 Å². The summed E-state index contributed by atoms with van der Waals surface area (Å²) < 4.78 is 48.5. The zero-order valence-electron chi connectivity index (χ0n) is 18.0. The molecule has 0 saturated carbocycles.